The zero-order chi connectivity index (χ0) is 8.48. The summed E-state index contributed by atoms with van der Waals surface area (Å²) >= 11 is 0. The fourth-order valence-corrected chi connectivity index (χ4v) is 1.90. The first-order chi connectivity index (χ1) is 5.11. The van der Waals surface area contributed by atoms with Crippen molar-refractivity contribution in [3.63, 3.8) is 0 Å². The summed E-state index contributed by atoms with van der Waals surface area (Å²) in [6.45, 7) is 2.31. The average Bonchev–Trinajstić information content (AvgIpc) is 2.32. The molecule has 2 atom stereocenters. The monoisotopic (exact) mass is 157 g/mol. The molecule has 0 unspecified atom stereocenters. The molecule has 0 aliphatic heterocycles. The van der Waals surface area contributed by atoms with E-state index in [2.05, 4.69) is 0 Å². The van der Waals surface area contributed by atoms with Crippen LogP contribution in [0.5, 0.6) is 0 Å². The van der Waals surface area contributed by atoms with Crippen molar-refractivity contribution in [3.05, 3.63) is 0 Å². The number of hydrogen-bond donors (Lipinski definition) is 2. The first-order valence-electron chi connectivity index (χ1n) is 4.04. The number of aliphatic carboxylic acids is 1. The molecule has 64 valence electrons. The van der Waals surface area contributed by atoms with E-state index in [1.54, 1.807) is 6.92 Å². The van der Waals surface area contributed by atoms with Gasteiger partial charge in [0.2, 0.25) is 0 Å². The Kier molecular flexibility index (Phi) is 2.18. The lowest BCUT2D eigenvalue weighted by Gasteiger charge is -2.25. The first kappa shape index (κ1) is 8.53. The fourth-order valence-electron chi connectivity index (χ4n) is 1.90. The number of nitrogens with two attached hydrogens (primary N) is 1. The summed E-state index contributed by atoms with van der Waals surface area (Å²) in [4.78, 5) is 10.8. The van der Waals surface area contributed by atoms with Gasteiger partial charge in [0.25, 0.3) is 0 Å². The van der Waals surface area contributed by atoms with E-state index >= 15 is 0 Å². The van der Waals surface area contributed by atoms with Crippen LogP contribution >= 0.6 is 0 Å². The Hall–Kier alpha value is -0.570. The minimum absolute atomic E-state index is 0.181. The van der Waals surface area contributed by atoms with Crippen LogP contribution in [0.2, 0.25) is 0 Å². The van der Waals surface area contributed by atoms with Gasteiger partial charge >= 0.3 is 5.97 Å². The lowest BCUT2D eigenvalue weighted by molar-refractivity contribution is -0.149. The van der Waals surface area contributed by atoms with Gasteiger partial charge < -0.3 is 10.8 Å². The Balaban J connectivity index is 2.75. The fraction of sp³-hybridized carbons (Fsp3) is 0.875. The Bertz CT molecular complexity index is 169. The Morgan fingerprint density at radius 1 is 1.82 bits per heavy atom. The molecule has 0 amide bonds. The van der Waals surface area contributed by atoms with E-state index in [4.69, 9.17) is 10.8 Å². The van der Waals surface area contributed by atoms with Crippen LogP contribution in [0.25, 0.3) is 0 Å². The highest BCUT2D eigenvalue weighted by Gasteiger charge is 2.44. The normalized spacial score (nSPS) is 37.5. The third-order valence-electron chi connectivity index (χ3n) is 2.92. The summed E-state index contributed by atoms with van der Waals surface area (Å²) in [6, 6.07) is 0. The SMILES string of the molecule is C[C@@]1(C(=O)O)CCC[C@H]1CN. The average molecular weight is 157 g/mol. The molecule has 0 bridgehead atoms. The highest BCUT2D eigenvalue weighted by molar-refractivity contribution is 5.75. The maximum atomic E-state index is 10.8. The minimum atomic E-state index is -0.689. The molecule has 0 heterocycles. The molecule has 1 aliphatic rings. The number of carboxylic acid groups (broad SMARTS) is 1. The molecule has 3 nitrogen and oxygen atoms in total. The maximum absolute atomic E-state index is 10.8. The maximum Gasteiger partial charge on any atom is 0.309 e. The van der Waals surface area contributed by atoms with E-state index < -0.39 is 11.4 Å². The van der Waals surface area contributed by atoms with Gasteiger partial charge in [0.1, 0.15) is 0 Å². The van der Waals surface area contributed by atoms with Crippen molar-refractivity contribution < 1.29 is 9.90 Å². The summed E-state index contributed by atoms with van der Waals surface area (Å²) in [6.07, 6.45) is 2.76. The van der Waals surface area contributed by atoms with E-state index in [0.29, 0.717) is 6.54 Å². The third kappa shape index (κ3) is 1.25. The van der Waals surface area contributed by atoms with Crippen molar-refractivity contribution in [2.45, 2.75) is 26.2 Å². The summed E-state index contributed by atoms with van der Waals surface area (Å²) in [7, 11) is 0. The zero-order valence-electron chi connectivity index (χ0n) is 6.84. The lowest BCUT2D eigenvalue weighted by Crippen LogP contribution is -2.35. The largest absolute Gasteiger partial charge is 0.481 e. The third-order valence-corrected chi connectivity index (χ3v) is 2.92. The predicted molar refractivity (Wildman–Crippen MR) is 42.1 cm³/mol. The Morgan fingerprint density at radius 2 is 2.45 bits per heavy atom. The molecular formula is C8H15NO2. The van der Waals surface area contributed by atoms with Crippen LogP contribution in [0.3, 0.4) is 0 Å². The number of rotatable bonds is 2. The molecule has 1 fully saturated rings. The highest BCUT2D eigenvalue weighted by Crippen LogP contribution is 2.42. The van der Waals surface area contributed by atoms with Gasteiger partial charge in [0.15, 0.2) is 0 Å². The van der Waals surface area contributed by atoms with Gasteiger partial charge in [-0.05, 0) is 32.2 Å². The lowest BCUT2D eigenvalue weighted by atomic mass is 9.80. The molecule has 0 radical (unpaired) electrons. The van der Waals surface area contributed by atoms with Crippen LogP contribution < -0.4 is 5.73 Å². The molecular weight excluding hydrogens is 142 g/mol. The van der Waals surface area contributed by atoms with Crippen LogP contribution in [0.1, 0.15) is 26.2 Å². The zero-order valence-corrected chi connectivity index (χ0v) is 6.84. The summed E-state index contributed by atoms with van der Waals surface area (Å²) in [5.74, 6) is -0.509. The van der Waals surface area contributed by atoms with Gasteiger partial charge in [-0.2, -0.15) is 0 Å². The second-order valence-electron chi connectivity index (χ2n) is 3.55. The topological polar surface area (TPSA) is 63.3 Å². The van der Waals surface area contributed by atoms with Crippen molar-refractivity contribution in [2.75, 3.05) is 6.54 Å². The summed E-state index contributed by atoms with van der Waals surface area (Å²) in [5, 5.41) is 8.92. The standard InChI is InChI=1S/C8H15NO2/c1-8(7(10)11)4-2-3-6(8)5-9/h6H,2-5,9H2,1H3,(H,10,11)/t6-,8+/m0/s1. The van der Waals surface area contributed by atoms with Crippen LogP contribution in [0, 0.1) is 11.3 Å². The van der Waals surface area contributed by atoms with Crippen molar-refractivity contribution in [2.24, 2.45) is 17.1 Å². The highest BCUT2D eigenvalue weighted by atomic mass is 16.4. The molecule has 1 saturated carbocycles. The van der Waals surface area contributed by atoms with Crippen molar-refractivity contribution in [1.29, 1.82) is 0 Å². The van der Waals surface area contributed by atoms with Gasteiger partial charge in [-0.1, -0.05) is 6.42 Å². The smallest absolute Gasteiger partial charge is 0.309 e. The number of carbonyl (C=O) groups is 1. The quantitative estimate of drug-likeness (QED) is 0.624. The predicted octanol–water partition coefficient (Wildman–Crippen LogP) is 0.836. The van der Waals surface area contributed by atoms with Gasteiger partial charge in [-0.15, -0.1) is 0 Å². The molecule has 1 rings (SSSR count). The van der Waals surface area contributed by atoms with E-state index in [1.165, 1.54) is 0 Å². The summed E-state index contributed by atoms with van der Waals surface area (Å²) < 4.78 is 0. The molecule has 0 aromatic heterocycles. The molecule has 0 spiro atoms. The second kappa shape index (κ2) is 2.81. The van der Waals surface area contributed by atoms with E-state index in [1.807, 2.05) is 0 Å². The van der Waals surface area contributed by atoms with Gasteiger partial charge in [-0.3, -0.25) is 4.79 Å². The molecule has 3 N–H and O–H groups in total. The van der Waals surface area contributed by atoms with Crippen molar-refractivity contribution in [3.8, 4) is 0 Å². The minimum Gasteiger partial charge on any atom is -0.481 e. The van der Waals surface area contributed by atoms with Crippen LogP contribution in [-0.4, -0.2) is 17.6 Å². The number of carboxylic acids is 1. The number of hydrogen-bond acceptors (Lipinski definition) is 2. The van der Waals surface area contributed by atoms with Crippen LogP contribution in [-0.2, 0) is 4.79 Å². The van der Waals surface area contributed by atoms with Crippen LogP contribution in [0.15, 0.2) is 0 Å². The Morgan fingerprint density at radius 3 is 2.82 bits per heavy atom. The van der Waals surface area contributed by atoms with Crippen molar-refractivity contribution >= 4 is 5.97 Å². The van der Waals surface area contributed by atoms with Gasteiger partial charge in [0.05, 0.1) is 5.41 Å². The molecule has 1 aliphatic carbocycles. The Labute approximate surface area is 66.6 Å². The van der Waals surface area contributed by atoms with Crippen LogP contribution in [0.4, 0.5) is 0 Å². The molecule has 11 heavy (non-hydrogen) atoms. The second-order valence-corrected chi connectivity index (χ2v) is 3.55. The molecule has 0 aromatic rings. The van der Waals surface area contributed by atoms with Crippen molar-refractivity contribution in [1.82, 2.24) is 0 Å². The molecule has 0 aromatic carbocycles. The molecule has 3 heteroatoms. The van der Waals surface area contributed by atoms with E-state index in [9.17, 15) is 4.79 Å². The van der Waals surface area contributed by atoms with Gasteiger partial charge in [-0.25, -0.2) is 0 Å². The van der Waals surface area contributed by atoms with E-state index in [-0.39, 0.29) is 5.92 Å². The van der Waals surface area contributed by atoms with E-state index in [0.717, 1.165) is 19.3 Å². The summed E-state index contributed by atoms with van der Waals surface area (Å²) in [5.41, 5.74) is 4.94. The van der Waals surface area contributed by atoms with Gasteiger partial charge in [0, 0.05) is 0 Å². The first-order valence-corrected chi connectivity index (χ1v) is 4.04. The molecule has 0 saturated heterocycles.